The molecule has 7 heteroatoms. The van der Waals surface area contributed by atoms with E-state index in [2.05, 4.69) is 18.2 Å². The molecule has 1 saturated carbocycles. The van der Waals surface area contributed by atoms with Crippen molar-refractivity contribution in [3.8, 4) is 0 Å². The Morgan fingerprint density at radius 3 is 2.92 bits per heavy atom. The lowest BCUT2D eigenvalue weighted by molar-refractivity contribution is -0.141. The second kappa shape index (κ2) is 9.28. The number of carbonyl (C=O) groups is 1. The molecule has 1 saturated heterocycles. The number of aliphatic hydroxyl groups excluding tert-OH is 1. The van der Waals surface area contributed by atoms with E-state index in [1.54, 1.807) is 0 Å². The molecule has 4 nitrogen and oxygen atoms in total. The lowest BCUT2D eigenvalue weighted by Gasteiger charge is -2.19. The molecule has 134 valence electrons. The van der Waals surface area contributed by atoms with Crippen LogP contribution in [-0.2, 0) is 16.0 Å². The normalized spacial score (nSPS) is 30.6. The average molecular weight is 378 g/mol. The predicted molar refractivity (Wildman–Crippen MR) is 106 cm³/mol. The highest BCUT2D eigenvalue weighted by molar-refractivity contribution is 8.24. The van der Waals surface area contributed by atoms with Gasteiger partial charge in [-0.15, -0.1) is 16.4 Å². The Morgan fingerprint density at radius 2 is 2.16 bits per heavy atom. The summed E-state index contributed by atoms with van der Waals surface area (Å²) in [7, 11) is 1.50. The van der Waals surface area contributed by atoms with Gasteiger partial charge in [0.15, 0.2) is 0 Å². The van der Waals surface area contributed by atoms with Gasteiger partial charge in [-0.2, -0.15) is 0 Å². The van der Waals surface area contributed by atoms with Gasteiger partial charge in [-0.3, -0.25) is 4.79 Å². The summed E-state index contributed by atoms with van der Waals surface area (Å²) in [5.41, 5.74) is 1.69. The van der Waals surface area contributed by atoms with Crippen molar-refractivity contribution in [3.05, 3.63) is 48.0 Å². The van der Waals surface area contributed by atoms with Gasteiger partial charge in [0.05, 0.1) is 12.5 Å². The summed E-state index contributed by atoms with van der Waals surface area (Å²) in [6, 6.07) is 10.2. The lowest BCUT2D eigenvalue weighted by atomic mass is 9.92. The average Bonchev–Trinajstić information content (AvgIpc) is 3.13. The van der Waals surface area contributed by atoms with Crippen LogP contribution >= 0.6 is 16.4 Å². The Labute approximate surface area is 153 Å². The SMILES string of the molecule is O=C1C[C@H]2C(C[C@@H](PPBO)[C@@H]2/C=C/[C@@H](O)CCc2ccccc2)O1. The number of fused-ring (bicyclic) bond motifs is 1. The Morgan fingerprint density at radius 1 is 1.36 bits per heavy atom. The van der Waals surface area contributed by atoms with Crippen LogP contribution in [0.15, 0.2) is 42.5 Å². The molecule has 3 rings (SSSR count). The van der Waals surface area contributed by atoms with Gasteiger partial charge in [0.1, 0.15) is 6.10 Å². The number of ether oxygens (including phenoxy) is 1. The van der Waals surface area contributed by atoms with Gasteiger partial charge in [0.25, 0.3) is 0 Å². The topological polar surface area (TPSA) is 66.8 Å². The molecule has 1 aromatic rings. The summed E-state index contributed by atoms with van der Waals surface area (Å²) >= 11 is 0. The summed E-state index contributed by atoms with van der Waals surface area (Å²) in [6.45, 7) is 0. The van der Waals surface area contributed by atoms with Crippen LogP contribution in [-0.4, -0.2) is 41.2 Å². The number of esters is 1. The van der Waals surface area contributed by atoms with E-state index in [4.69, 9.17) is 9.76 Å². The number of hydrogen-bond donors (Lipinski definition) is 2. The number of aliphatic hydroxyl groups is 1. The molecular formula is C18H25BO4P2. The number of rotatable bonds is 8. The third-order valence-electron chi connectivity index (χ3n) is 5.10. The second-order valence-electron chi connectivity index (χ2n) is 6.77. The predicted octanol–water partition coefficient (Wildman–Crippen LogP) is 2.39. The molecule has 1 aromatic carbocycles. The molecule has 2 fully saturated rings. The summed E-state index contributed by atoms with van der Waals surface area (Å²) < 4.78 is 5.45. The molecule has 1 aliphatic heterocycles. The highest BCUT2D eigenvalue weighted by atomic mass is 32.0. The number of aryl methyl sites for hydroxylation is 1. The van der Waals surface area contributed by atoms with Gasteiger partial charge in [0.2, 0.25) is 0 Å². The Balaban J connectivity index is 1.57. The van der Waals surface area contributed by atoms with Crippen LogP contribution < -0.4 is 0 Å². The van der Waals surface area contributed by atoms with Crippen LogP contribution in [0.2, 0.25) is 0 Å². The number of hydrogen-bond acceptors (Lipinski definition) is 4. The van der Waals surface area contributed by atoms with E-state index >= 15 is 0 Å². The van der Waals surface area contributed by atoms with E-state index in [0.717, 1.165) is 12.8 Å². The lowest BCUT2D eigenvalue weighted by Crippen LogP contribution is -2.16. The summed E-state index contributed by atoms with van der Waals surface area (Å²) in [5, 5.41) is 19.4. The summed E-state index contributed by atoms with van der Waals surface area (Å²) in [6.07, 6.45) is 6.51. The second-order valence-corrected chi connectivity index (χ2v) is 10.4. The van der Waals surface area contributed by atoms with Gasteiger partial charge in [0, 0.05) is 5.92 Å². The largest absolute Gasteiger partial charge is 0.462 e. The van der Waals surface area contributed by atoms with Crippen molar-refractivity contribution in [2.75, 3.05) is 0 Å². The molecule has 0 radical (unpaired) electrons. The minimum atomic E-state index is -0.471. The molecule has 1 heterocycles. The summed E-state index contributed by atoms with van der Waals surface area (Å²) in [4.78, 5) is 11.6. The van der Waals surface area contributed by atoms with Crippen molar-refractivity contribution in [2.24, 2.45) is 11.8 Å². The van der Waals surface area contributed by atoms with Crippen LogP contribution in [0.4, 0.5) is 0 Å². The molecule has 25 heavy (non-hydrogen) atoms. The van der Waals surface area contributed by atoms with Crippen molar-refractivity contribution in [3.63, 3.8) is 0 Å². The third-order valence-corrected chi connectivity index (χ3v) is 8.65. The van der Waals surface area contributed by atoms with Crippen molar-refractivity contribution in [1.82, 2.24) is 0 Å². The molecule has 0 spiro atoms. The van der Waals surface area contributed by atoms with Crippen LogP contribution in [0.5, 0.6) is 0 Å². The highest BCUT2D eigenvalue weighted by Crippen LogP contribution is 2.54. The van der Waals surface area contributed by atoms with Crippen molar-refractivity contribution in [2.45, 2.75) is 43.6 Å². The highest BCUT2D eigenvalue weighted by Gasteiger charge is 2.48. The van der Waals surface area contributed by atoms with E-state index < -0.39 is 6.10 Å². The molecule has 2 N–H and O–H groups in total. The molecule has 7 atom stereocenters. The van der Waals surface area contributed by atoms with Crippen LogP contribution in [0.1, 0.15) is 24.8 Å². The van der Waals surface area contributed by atoms with Crippen molar-refractivity contribution >= 4 is 29.6 Å². The van der Waals surface area contributed by atoms with Gasteiger partial charge in [-0.25, -0.2) is 0 Å². The quantitative estimate of drug-likeness (QED) is 0.316. The molecular weight excluding hydrogens is 353 g/mol. The first-order chi connectivity index (χ1) is 12.2. The van der Waals surface area contributed by atoms with E-state index in [9.17, 15) is 9.90 Å². The van der Waals surface area contributed by atoms with Crippen molar-refractivity contribution < 1.29 is 19.7 Å². The first-order valence-electron chi connectivity index (χ1n) is 8.86. The molecule has 3 unspecified atom stereocenters. The van der Waals surface area contributed by atoms with Crippen molar-refractivity contribution in [1.29, 1.82) is 0 Å². The maximum Gasteiger partial charge on any atom is 0.306 e. The minimum absolute atomic E-state index is 0.0320. The van der Waals surface area contributed by atoms with E-state index in [0.29, 0.717) is 34.9 Å². The smallest absolute Gasteiger partial charge is 0.306 e. The monoisotopic (exact) mass is 378 g/mol. The standard InChI is InChI=1S/C18H25BO4P2/c20-13(7-6-12-4-2-1-3-5-12)8-9-14-15-10-18(21)23-16(15)11-17(14)24-25-19-22/h1-5,8-9,13-17,19-20,22,24-25H,6-7,10-11H2/b9-8+/t13-,14+,15+,16?,17+/m0/s1. The first kappa shape index (κ1) is 19.0. The maximum absolute atomic E-state index is 11.6. The van der Waals surface area contributed by atoms with Gasteiger partial charge < -0.3 is 14.9 Å². The zero-order valence-corrected chi connectivity index (χ0v) is 16.2. The Bertz CT molecular complexity index is 598. The van der Waals surface area contributed by atoms with Gasteiger partial charge >= 0.3 is 13.2 Å². The Kier molecular flexibility index (Phi) is 7.07. The first-order valence-corrected chi connectivity index (χ1v) is 12.1. The number of allylic oxidation sites excluding steroid dienone is 1. The van der Waals surface area contributed by atoms with Crippen LogP contribution in [0.25, 0.3) is 0 Å². The van der Waals surface area contributed by atoms with Gasteiger partial charge in [-0.05, 0) is 36.4 Å². The zero-order chi connectivity index (χ0) is 17.6. The van der Waals surface area contributed by atoms with E-state index in [1.165, 1.54) is 5.56 Å². The molecule has 2 aliphatic rings. The molecule has 1 aliphatic carbocycles. The Hall–Kier alpha value is -0.725. The zero-order valence-electron chi connectivity index (χ0n) is 14.2. The minimum Gasteiger partial charge on any atom is -0.462 e. The maximum atomic E-state index is 11.6. The fourth-order valence-electron chi connectivity index (χ4n) is 3.86. The molecule has 0 amide bonds. The van der Waals surface area contributed by atoms with E-state index in [1.807, 2.05) is 24.3 Å². The fourth-order valence-corrected chi connectivity index (χ4v) is 7.11. The van der Waals surface area contributed by atoms with E-state index in [-0.39, 0.29) is 31.1 Å². The number of benzene rings is 1. The number of carbonyl (C=O) groups excluding carboxylic acids is 1. The van der Waals surface area contributed by atoms with Crippen LogP contribution in [0, 0.1) is 11.8 Å². The van der Waals surface area contributed by atoms with Gasteiger partial charge in [-0.1, -0.05) is 42.5 Å². The van der Waals surface area contributed by atoms with Crippen LogP contribution in [0.3, 0.4) is 0 Å². The fraction of sp³-hybridized carbons (Fsp3) is 0.500. The summed E-state index contributed by atoms with van der Waals surface area (Å²) in [5.74, 6) is 0.427. The molecule has 0 bridgehead atoms. The molecule has 0 aromatic heterocycles. The third kappa shape index (κ3) is 5.14.